The van der Waals surface area contributed by atoms with Crippen LogP contribution in [0.15, 0.2) is 42.5 Å². The Hall–Kier alpha value is -2.61. The summed E-state index contributed by atoms with van der Waals surface area (Å²) in [6, 6.07) is 14.6. The molecule has 39 heavy (non-hydrogen) atoms. The van der Waals surface area contributed by atoms with E-state index in [1.165, 1.54) is 12.5 Å². The first kappa shape index (κ1) is 29.4. The van der Waals surface area contributed by atoms with E-state index in [0.717, 1.165) is 60.7 Å². The number of carbonyl (C=O) groups is 2. The van der Waals surface area contributed by atoms with Gasteiger partial charge in [-0.15, -0.1) is 0 Å². The van der Waals surface area contributed by atoms with Gasteiger partial charge in [0.15, 0.2) is 0 Å². The summed E-state index contributed by atoms with van der Waals surface area (Å²) >= 11 is 6.37. The van der Waals surface area contributed by atoms with Gasteiger partial charge in [-0.25, -0.2) is 0 Å². The summed E-state index contributed by atoms with van der Waals surface area (Å²) in [6.07, 6.45) is 3.86. The third-order valence-corrected chi connectivity index (χ3v) is 8.35. The van der Waals surface area contributed by atoms with E-state index in [4.69, 9.17) is 21.1 Å². The Labute approximate surface area is 237 Å². The number of nitrogens with zero attached hydrogens (tertiary/aromatic N) is 2. The van der Waals surface area contributed by atoms with Gasteiger partial charge >= 0.3 is 0 Å². The monoisotopic (exact) mass is 555 g/mol. The van der Waals surface area contributed by atoms with Gasteiger partial charge in [0.05, 0.1) is 13.0 Å². The molecule has 1 N–H and O–H groups in total. The van der Waals surface area contributed by atoms with Crippen molar-refractivity contribution in [1.29, 1.82) is 0 Å². The van der Waals surface area contributed by atoms with Crippen LogP contribution in [0.1, 0.15) is 49.3 Å². The fraction of sp³-hybridized carbons (Fsp3) is 0.548. The highest BCUT2D eigenvalue weighted by Crippen LogP contribution is 2.29. The van der Waals surface area contributed by atoms with Crippen molar-refractivity contribution in [1.82, 2.24) is 15.1 Å². The van der Waals surface area contributed by atoms with E-state index in [9.17, 15) is 9.59 Å². The molecule has 2 amide bonds. The van der Waals surface area contributed by atoms with Crippen molar-refractivity contribution in [3.63, 3.8) is 0 Å². The maximum Gasteiger partial charge on any atom is 0.225 e. The molecule has 8 heteroatoms. The molecule has 0 spiro atoms. The number of aryl methyl sites for hydroxylation is 3. The quantitative estimate of drug-likeness (QED) is 0.465. The Morgan fingerprint density at radius 1 is 1.10 bits per heavy atom. The van der Waals surface area contributed by atoms with Gasteiger partial charge in [0.25, 0.3) is 0 Å². The van der Waals surface area contributed by atoms with Crippen LogP contribution in [0.5, 0.6) is 5.75 Å². The maximum atomic E-state index is 13.5. The molecular formula is C31H42ClN3O4. The number of amides is 2. The largest absolute Gasteiger partial charge is 0.490 e. The number of hydrogen-bond donors (Lipinski definition) is 1. The lowest BCUT2D eigenvalue weighted by molar-refractivity contribution is -0.156. The second-order valence-electron chi connectivity index (χ2n) is 11.1. The minimum Gasteiger partial charge on any atom is -0.490 e. The first-order valence-corrected chi connectivity index (χ1v) is 14.5. The van der Waals surface area contributed by atoms with E-state index < -0.39 is 5.60 Å². The molecule has 2 fully saturated rings. The zero-order valence-corrected chi connectivity index (χ0v) is 24.3. The minimum absolute atomic E-state index is 0.0217. The molecule has 4 rings (SSSR count). The Morgan fingerprint density at radius 2 is 1.79 bits per heavy atom. The van der Waals surface area contributed by atoms with Gasteiger partial charge in [0.1, 0.15) is 18.0 Å². The van der Waals surface area contributed by atoms with Gasteiger partial charge in [-0.2, -0.15) is 0 Å². The Kier molecular flexibility index (Phi) is 10.3. The van der Waals surface area contributed by atoms with Crippen molar-refractivity contribution in [2.45, 2.75) is 64.5 Å². The fourth-order valence-electron chi connectivity index (χ4n) is 5.66. The van der Waals surface area contributed by atoms with Crippen molar-refractivity contribution in [2.75, 3.05) is 45.9 Å². The molecule has 0 aliphatic carbocycles. The molecule has 212 valence electrons. The molecule has 2 aliphatic rings. The summed E-state index contributed by atoms with van der Waals surface area (Å²) in [5.74, 6) is 0.795. The number of hydrogen-bond acceptors (Lipinski definition) is 5. The van der Waals surface area contributed by atoms with Crippen molar-refractivity contribution in [3.8, 4) is 5.75 Å². The zero-order valence-electron chi connectivity index (χ0n) is 23.5. The molecule has 2 aromatic carbocycles. The van der Waals surface area contributed by atoms with E-state index in [1.807, 2.05) is 36.9 Å². The summed E-state index contributed by atoms with van der Waals surface area (Å²) in [5, 5.41) is 3.72. The molecule has 0 aromatic heterocycles. The number of carbonyl (C=O) groups excluding carboxylic acids is 2. The third kappa shape index (κ3) is 8.44. The van der Waals surface area contributed by atoms with E-state index >= 15 is 0 Å². The third-order valence-electron chi connectivity index (χ3n) is 7.75. The fourth-order valence-corrected chi connectivity index (χ4v) is 5.77. The lowest BCUT2D eigenvalue weighted by Gasteiger charge is -2.43. The van der Waals surface area contributed by atoms with Gasteiger partial charge < -0.3 is 19.7 Å². The van der Waals surface area contributed by atoms with Crippen molar-refractivity contribution < 1.29 is 19.1 Å². The van der Waals surface area contributed by atoms with E-state index in [-0.39, 0.29) is 30.9 Å². The maximum absolute atomic E-state index is 13.5. The van der Waals surface area contributed by atoms with Gasteiger partial charge in [-0.1, -0.05) is 41.9 Å². The number of rotatable bonds is 10. The molecule has 0 saturated carbocycles. The highest BCUT2D eigenvalue weighted by molar-refractivity contribution is 6.32. The van der Waals surface area contributed by atoms with Crippen LogP contribution < -0.4 is 10.1 Å². The number of piperidine rings is 1. The summed E-state index contributed by atoms with van der Waals surface area (Å²) in [6.45, 7) is 10.0. The molecule has 0 unspecified atom stereocenters. The Balaban J connectivity index is 1.42. The molecule has 2 saturated heterocycles. The lowest BCUT2D eigenvalue weighted by atomic mass is 9.95. The molecule has 0 radical (unpaired) electrons. The predicted molar refractivity (Wildman–Crippen MR) is 154 cm³/mol. The zero-order chi connectivity index (χ0) is 27.8. The van der Waals surface area contributed by atoms with Crippen molar-refractivity contribution in [2.24, 2.45) is 0 Å². The van der Waals surface area contributed by atoms with Crippen LogP contribution in [-0.4, -0.2) is 79.2 Å². The highest BCUT2D eigenvalue weighted by atomic mass is 35.5. The smallest absolute Gasteiger partial charge is 0.225 e. The number of ether oxygens (including phenoxy) is 2. The molecule has 7 nitrogen and oxygen atoms in total. The summed E-state index contributed by atoms with van der Waals surface area (Å²) in [7, 11) is 0. The molecule has 0 bridgehead atoms. The number of benzene rings is 2. The summed E-state index contributed by atoms with van der Waals surface area (Å²) in [5.41, 5.74) is 2.53. The van der Waals surface area contributed by atoms with Crippen LogP contribution in [0.3, 0.4) is 0 Å². The average molecular weight is 556 g/mol. The molecular weight excluding hydrogens is 514 g/mol. The van der Waals surface area contributed by atoms with E-state index in [0.29, 0.717) is 26.2 Å². The number of halogens is 1. The van der Waals surface area contributed by atoms with Gasteiger partial charge in [0, 0.05) is 44.2 Å². The lowest BCUT2D eigenvalue weighted by Crippen LogP contribution is -2.58. The van der Waals surface area contributed by atoms with E-state index in [1.54, 1.807) is 0 Å². The second-order valence-corrected chi connectivity index (χ2v) is 11.5. The summed E-state index contributed by atoms with van der Waals surface area (Å²) in [4.78, 5) is 29.3. The van der Waals surface area contributed by atoms with Crippen molar-refractivity contribution in [3.05, 3.63) is 64.2 Å². The minimum atomic E-state index is -0.738. The molecule has 2 aromatic rings. The number of likely N-dealkylation sites (tertiary alicyclic amines) is 1. The first-order valence-electron chi connectivity index (χ1n) is 14.1. The Bertz CT molecular complexity index is 1100. The van der Waals surface area contributed by atoms with Crippen LogP contribution in [-0.2, 0) is 20.7 Å². The molecule has 2 heterocycles. The van der Waals surface area contributed by atoms with Crippen LogP contribution in [0.4, 0.5) is 0 Å². The Morgan fingerprint density at radius 3 is 2.46 bits per heavy atom. The number of morpholine rings is 1. The van der Waals surface area contributed by atoms with Crippen LogP contribution in [0.2, 0.25) is 5.02 Å². The predicted octanol–water partition coefficient (Wildman–Crippen LogP) is 4.56. The summed E-state index contributed by atoms with van der Waals surface area (Å²) < 4.78 is 12.7. The SMILES string of the molecule is CC(=O)NC1CCN(C(=O)C[C@@]2(COc3cc(C)c(Cl)c(C)c3)CN(CCCc3ccccc3)CCO2)CC1. The van der Waals surface area contributed by atoms with E-state index in [2.05, 4.69) is 34.5 Å². The highest BCUT2D eigenvalue weighted by Gasteiger charge is 2.41. The first-order chi connectivity index (χ1) is 18.7. The average Bonchev–Trinajstić information content (AvgIpc) is 2.91. The second kappa shape index (κ2) is 13.6. The van der Waals surface area contributed by atoms with Crippen LogP contribution >= 0.6 is 11.6 Å². The van der Waals surface area contributed by atoms with Gasteiger partial charge in [0.2, 0.25) is 11.8 Å². The van der Waals surface area contributed by atoms with Gasteiger partial charge in [-0.3, -0.25) is 14.5 Å². The van der Waals surface area contributed by atoms with Crippen LogP contribution in [0, 0.1) is 13.8 Å². The van der Waals surface area contributed by atoms with Crippen LogP contribution in [0.25, 0.3) is 0 Å². The number of nitrogens with one attached hydrogen (secondary N) is 1. The topological polar surface area (TPSA) is 71.1 Å². The standard InChI is InChI=1S/C31H42ClN3O4/c1-23-18-28(19-24(2)30(23)32)38-22-31(20-29(37)35-14-11-27(12-15-35)33-25(3)36)21-34(16-17-39-31)13-7-10-26-8-5-4-6-9-26/h4-6,8-9,18-19,27H,7,10-17,20-22H2,1-3H3,(H,33,36)/t31-/m0/s1. The molecule has 2 aliphatic heterocycles. The normalized spacial score (nSPS) is 20.6. The molecule has 1 atom stereocenters. The van der Waals surface area contributed by atoms with Gasteiger partial charge in [-0.05, 0) is 74.9 Å². The van der Waals surface area contributed by atoms with Crippen molar-refractivity contribution >= 4 is 23.4 Å².